The lowest BCUT2D eigenvalue weighted by Crippen LogP contribution is -2.44. The van der Waals surface area contributed by atoms with Gasteiger partial charge in [0.2, 0.25) is 11.9 Å². The Bertz CT molecular complexity index is 392. The number of rotatable bonds is 4. The van der Waals surface area contributed by atoms with Crippen LogP contribution in [0.15, 0.2) is 0 Å². The number of aromatic nitrogens is 3. The maximum absolute atomic E-state index is 5.49. The fourth-order valence-corrected chi connectivity index (χ4v) is 1.68. The second kappa shape index (κ2) is 5.78. The van der Waals surface area contributed by atoms with Gasteiger partial charge in [0.05, 0.1) is 6.10 Å². The minimum Gasteiger partial charge on any atom is -0.461 e. The van der Waals surface area contributed by atoms with Crippen LogP contribution in [0.4, 0.5) is 11.9 Å². The molecule has 0 unspecified atom stereocenters. The van der Waals surface area contributed by atoms with Crippen LogP contribution < -0.4 is 26.2 Å². The van der Waals surface area contributed by atoms with E-state index < -0.39 is 0 Å². The summed E-state index contributed by atoms with van der Waals surface area (Å²) in [5.41, 5.74) is 2.44. The van der Waals surface area contributed by atoms with Crippen LogP contribution in [0.5, 0.6) is 6.01 Å². The lowest BCUT2D eigenvalue weighted by atomic mass is 10.4. The van der Waals surface area contributed by atoms with Gasteiger partial charge in [0, 0.05) is 26.2 Å². The lowest BCUT2D eigenvalue weighted by Gasteiger charge is -2.27. The highest BCUT2D eigenvalue weighted by Crippen LogP contribution is 2.15. The fraction of sp³-hybridized carbons (Fsp3) is 0.700. The van der Waals surface area contributed by atoms with Crippen LogP contribution in [0.25, 0.3) is 0 Å². The summed E-state index contributed by atoms with van der Waals surface area (Å²) in [6.07, 6.45) is 0.00824. The molecule has 2 heterocycles. The zero-order chi connectivity index (χ0) is 13.0. The van der Waals surface area contributed by atoms with Gasteiger partial charge in [-0.25, -0.2) is 5.84 Å². The molecule has 1 aliphatic heterocycles. The van der Waals surface area contributed by atoms with Crippen LogP contribution in [0, 0.1) is 0 Å². The predicted molar refractivity (Wildman–Crippen MR) is 68.5 cm³/mol. The molecule has 0 spiro atoms. The molecule has 0 atom stereocenters. The van der Waals surface area contributed by atoms with Crippen molar-refractivity contribution in [1.82, 2.24) is 20.3 Å². The fourth-order valence-electron chi connectivity index (χ4n) is 1.68. The van der Waals surface area contributed by atoms with Gasteiger partial charge in [-0.05, 0) is 13.8 Å². The monoisotopic (exact) mass is 253 g/mol. The van der Waals surface area contributed by atoms with Crippen molar-refractivity contribution in [2.75, 3.05) is 36.5 Å². The zero-order valence-electron chi connectivity index (χ0n) is 10.7. The number of anilines is 2. The Morgan fingerprint density at radius 3 is 2.61 bits per heavy atom. The van der Waals surface area contributed by atoms with Crippen molar-refractivity contribution in [2.45, 2.75) is 20.0 Å². The van der Waals surface area contributed by atoms with E-state index in [1.54, 1.807) is 0 Å². The Morgan fingerprint density at radius 2 is 2.00 bits per heavy atom. The average molecular weight is 253 g/mol. The van der Waals surface area contributed by atoms with Crippen LogP contribution in [-0.4, -0.2) is 47.2 Å². The van der Waals surface area contributed by atoms with Crippen LogP contribution in [0.3, 0.4) is 0 Å². The highest BCUT2D eigenvalue weighted by molar-refractivity contribution is 5.38. The maximum Gasteiger partial charge on any atom is 0.323 e. The van der Waals surface area contributed by atoms with Crippen molar-refractivity contribution in [2.24, 2.45) is 5.84 Å². The molecule has 0 aromatic carbocycles. The Hall–Kier alpha value is -1.67. The number of nitrogens with two attached hydrogens (primary N) is 1. The van der Waals surface area contributed by atoms with Crippen LogP contribution >= 0.6 is 0 Å². The summed E-state index contributed by atoms with van der Waals surface area (Å²) < 4.78 is 5.49. The van der Waals surface area contributed by atoms with E-state index >= 15 is 0 Å². The highest BCUT2D eigenvalue weighted by atomic mass is 16.5. The van der Waals surface area contributed by atoms with Gasteiger partial charge in [0.15, 0.2) is 0 Å². The Labute approximate surface area is 106 Å². The summed E-state index contributed by atoms with van der Waals surface area (Å²) in [5.74, 6) is 6.27. The van der Waals surface area contributed by atoms with Gasteiger partial charge in [-0.1, -0.05) is 0 Å². The third-order valence-corrected chi connectivity index (χ3v) is 2.47. The second-order valence-corrected chi connectivity index (χ2v) is 4.29. The van der Waals surface area contributed by atoms with Gasteiger partial charge in [-0.3, -0.25) is 5.43 Å². The van der Waals surface area contributed by atoms with Gasteiger partial charge in [-0.15, -0.1) is 0 Å². The molecule has 4 N–H and O–H groups in total. The molecule has 100 valence electrons. The van der Waals surface area contributed by atoms with Gasteiger partial charge in [0.1, 0.15) is 0 Å². The third-order valence-electron chi connectivity index (χ3n) is 2.47. The lowest BCUT2D eigenvalue weighted by molar-refractivity contribution is 0.222. The number of piperazine rings is 1. The predicted octanol–water partition coefficient (Wildman–Crippen LogP) is -0.646. The number of hydrogen-bond donors (Lipinski definition) is 3. The van der Waals surface area contributed by atoms with E-state index in [9.17, 15) is 0 Å². The first-order valence-corrected chi connectivity index (χ1v) is 6.04. The molecular formula is C10H19N7O. The molecule has 0 radical (unpaired) electrons. The first-order chi connectivity index (χ1) is 8.69. The van der Waals surface area contributed by atoms with Crippen molar-refractivity contribution in [3.8, 4) is 6.01 Å². The topological polar surface area (TPSA) is 101 Å². The van der Waals surface area contributed by atoms with E-state index in [1.807, 2.05) is 13.8 Å². The molecule has 1 aliphatic rings. The van der Waals surface area contributed by atoms with Crippen LogP contribution in [0.2, 0.25) is 0 Å². The van der Waals surface area contributed by atoms with Crippen molar-refractivity contribution < 1.29 is 4.74 Å². The smallest absolute Gasteiger partial charge is 0.323 e. The third kappa shape index (κ3) is 3.17. The minimum absolute atomic E-state index is 0.00824. The Morgan fingerprint density at radius 1 is 1.28 bits per heavy atom. The van der Waals surface area contributed by atoms with E-state index in [4.69, 9.17) is 10.6 Å². The number of nitrogens with one attached hydrogen (secondary N) is 2. The van der Waals surface area contributed by atoms with Gasteiger partial charge in [0.25, 0.3) is 0 Å². The zero-order valence-corrected chi connectivity index (χ0v) is 10.7. The molecule has 0 bridgehead atoms. The number of ether oxygens (including phenoxy) is 1. The van der Waals surface area contributed by atoms with E-state index in [0.29, 0.717) is 17.9 Å². The van der Waals surface area contributed by atoms with E-state index in [1.165, 1.54) is 0 Å². The second-order valence-electron chi connectivity index (χ2n) is 4.29. The number of hydrogen-bond acceptors (Lipinski definition) is 8. The standard InChI is InChI=1S/C10H19N7O/c1-7(2)18-10-14-8(16-11)13-9(15-10)17-5-3-12-4-6-17/h7,12H,3-6,11H2,1-2H3,(H,13,14,15,16). The normalized spacial score (nSPS) is 15.9. The number of hydrazine groups is 1. The molecule has 1 fully saturated rings. The van der Waals surface area contributed by atoms with Crippen molar-refractivity contribution in [3.05, 3.63) is 0 Å². The molecule has 1 saturated heterocycles. The van der Waals surface area contributed by atoms with Crippen molar-refractivity contribution >= 4 is 11.9 Å². The molecule has 0 aliphatic carbocycles. The minimum atomic E-state index is 0.00824. The first kappa shape index (κ1) is 12.8. The SMILES string of the molecule is CC(C)Oc1nc(NN)nc(N2CCNCC2)n1. The maximum atomic E-state index is 5.49. The van der Waals surface area contributed by atoms with Gasteiger partial charge in [-0.2, -0.15) is 15.0 Å². The molecular weight excluding hydrogens is 234 g/mol. The van der Waals surface area contributed by atoms with Gasteiger partial charge >= 0.3 is 6.01 Å². The molecule has 0 amide bonds. The van der Waals surface area contributed by atoms with Crippen molar-refractivity contribution in [1.29, 1.82) is 0 Å². The summed E-state index contributed by atoms with van der Waals surface area (Å²) in [5, 5.41) is 3.28. The van der Waals surface area contributed by atoms with Crippen LogP contribution in [-0.2, 0) is 0 Å². The molecule has 8 nitrogen and oxygen atoms in total. The van der Waals surface area contributed by atoms with E-state index in [-0.39, 0.29) is 6.10 Å². The van der Waals surface area contributed by atoms with E-state index in [0.717, 1.165) is 26.2 Å². The van der Waals surface area contributed by atoms with Crippen LogP contribution in [0.1, 0.15) is 13.8 Å². The molecule has 0 saturated carbocycles. The van der Waals surface area contributed by atoms with E-state index in [2.05, 4.69) is 30.6 Å². The highest BCUT2D eigenvalue weighted by Gasteiger charge is 2.16. The number of nitrogen functional groups attached to an aromatic ring is 1. The summed E-state index contributed by atoms with van der Waals surface area (Å²) in [6.45, 7) is 7.38. The summed E-state index contributed by atoms with van der Waals surface area (Å²) >= 11 is 0. The molecule has 2 rings (SSSR count). The molecule has 18 heavy (non-hydrogen) atoms. The quantitative estimate of drug-likeness (QED) is 0.481. The van der Waals surface area contributed by atoms with Crippen molar-refractivity contribution in [3.63, 3.8) is 0 Å². The Kier molecular flexibility index (Phi) is 4.11. The summed E-state index contributed by atoms with van der Waals surface area (Å²) in [4.78, 5) is 14.7. The largest absolute Gasteiger partial charge is 0.461 e. The first-order valence-electron chi connectivity index (χ1n) is 6.04. The molecule has 1 aromatic heterocycles. The average Bonchev–Trinajstić information content (AvgIpc) is 2.38. The number of nitrogens with zero attached hydrogens (tertiary/aromatic N) is 4. The summed E-state index contributed by atoms with van der Waals surface area (Å²) in [7, 11) is 0. The Balaban J connectivity index is 2.22. The molecule has 8 heteroatoms. The summed E-state index contributed by atoms with van der Waals surface area (Å²) in [6, 6.07) is 0.293. The molecule has 1 aromatic rings. The van der Waals surface area contributed by atoms with Gasteiger partial charge < -0.3 is 15.0 Å².